The Kier molecular flexibility index (Phi) is 2.36. The number of nitrogens with zero attached hydrogens (tertiary/aromatic N) is 1. The number of likely N-dealkylation sites (tertiary alicyclic amines) is 1. The maximum atomic E-state index is 6.06. The Bertz CT molecular complexity index is 269. The summed E-state index contributed by atoms with van der Waals surface area (Å²) in [7, 11) is 0. The molecule has 4 aliphatic carbocycles. The van der Waals surface area contributed by atoms with Gasteiger partial charge in [0.15, 0.2) is 0 Å². The zero-order valence-electron chi connectivity index (χ0n) is 10.9. The van der Waals surface area contributed by atoms with Gasteiger partial charge in [-0.25, -0.2) is 0 Å². The summed E-state index contributed by atoms with van der Waals surface area (Å²) in [6, 6.07) is 0.486. The van der Waals surface area contributed by atoms with Crippen molar-refractivity contribution in [3.63, 3.8) is 0 Å². The molecule has 5 fully saturated rings. The largest absolute Gasteiger partial charge is 0.328 e. The van der Waals surface area contributed by atoms with Gasteiger partial charge in [0, 0.05) is 24.7 Å². The van der Waals surface area contributed by atoms with Gasteiger partial charge < -0.3 is 5.73 Å². The highest BCUT2D eigenvalue weighted by molar-refractivity contribution is 5.08. The van der Waals surface area contributed by atoms with Gasteiger partial charge >= 0.3 is 0 Å². The van der Waals surface area contributed by atoms with Crippen LogP contribution >= 0.6 is 0 Å². The first-order valence-electron chi connectivity index (χ1n) is 7.74. The molecule has 0 amide bonds. The second-order valence-electron chi connectivity index (χ2n) is 7.47. The van der Waals surface area contributed by atoms with E-state index in [0.717, 1.165) is 17.8 Å². The van der Waals surface area contributed by atoms with Crippen molar-refractivity contribution >= 4 is 0 Å². The summed E-state index contributed by atoms with van der Waals surface area (Å²) in [6.45, 7) is 2.57. The standard InChI is InChI=1S/C15H26N2/c16-14-1-3-17(4-2-14)15-8-11-5-12(9-15)7-13(6-11)10-15/h11-14H,1-10,16H2. The van der Waals surface area contributed by atoms with Crippen molar-refractivity contribution in [2.24, 2.45) is 23.5 Å². The normalized spacial score (nSPS) is 51.0. The van der Waals surface area contributed by atoms with E-state index in [9.17, 15) is 0 Å². The van der Waals surface area contributed by atoms with Gasteiger partial charge in [0.1, 0.15) is 0 Å². The average molecular weight is 234 g/mol. The number of nitrogens with two attached hydrogens (primary N) is 1. The van der Waals surface area contributed by atoms with E-state index in [4.69, 9.17) is 5.73 Å². The summed E-state index contributed by atoms with van der Waals surface area (Å²) < 4.78 is 0. The Labute approximate surface area is 105 Å². The van der Waals surface area contributed by atoms with Crippen LogP contribution in [0.5, 0.6) is 0 Å². The van der Waals surface area contributed by atoms with E-state index < -0.39 is 0 Å². The highest BCUT2D eigenvalue weighted by Gasteiger charge is 2.53. The second kappa shape index (κ2) is 3.71. The highest BCUT2D eigenvalue weighted by Crippen LogP contribution is 2.58. The van der Waals surface area contributed by atoms with Crippen LogP contribution in [0.2, 0.25) is 0 Å². The molecule has 0 radical (unpaired) electrons. The fourth-order valence-corrected chi connectivity index (χ4v) is 5.83. The van der Waals surface area contributed by atoms with E-state index in [1.807, 2.05) is 0 Å². The molecule has 2 N–H and O–H groups in total. The van der Waals surface area contributed by atoms with Gasteiger partial charge in [0.25, 0.3) is 0 Å². The average Bonchev–Trinajstić information content (AvgIpc) is 2.27. The molecule has 5 rings (SSSR count). The fraction of sp³-hybridized carbons (Fsp3) is 1.00. The Morgan fingerprint density at radius 2 is 1.29 bits per heavy atom. The Morgan fingerprint density at radius 3 is 1.76 bits per heavy atom. The van der Waals surface area contributed by atoms with Crippen molar-refractivity contribution in [1.82, 2.24) is 4.90 Å². The molecule has 2 heteroatoms. The van der Waals surface area contributed by atoms with Crippen LogP contribution in [0.1, 0.15) is 51.4 Å². The molecule has 0 aromatic carbocycles. The molecule has 17 heavy (non-hydrogen) atoms. The first kappa shape index (κ1) is 10.8. The molecule has 0 unspecified atom stereocenters. The third kappa shape index (κ3) is 1.67. The van der Waals surface area contributed by atoms with Gasteiger partial charge in [-0.2, -0.15) is 0 Å². The van der Waals surface area contributed by atoms with Gasteiger partial charge in [0.2, 0.25) is 0 Å². The lowest BCUT2D eigenvalue weighted by atomic mass is 9.52. The predicted octanol–water partition coefficient (Wildman–Crippen LogP) is 2.38. The third-order valence-corrected chi connectivity index (χ3v) is 6.22. The first-order chi connectivity index (χ1) is 8.23. The topological polar surface area (TPSA) is 29.3 Å². The lowest BCUT2D eigenvalue weighted by molar-refractivity contribution is -0.0953. The van der Waals surface area contributed by atoms with Crippen molar-refractivity contribution in [2.45, 2.75) is 62.9 Å². The molecule has 5 aliphatic rings. The van der Waals surface area contributed by atoms with Gasteiger partial charge in [-0.05, 0) is 69.1 Å². The van der Waals surface area contributed by atoms with Crippen molar-refractivity contribution in [2.75, 3.05) is 13.1 Å². The van der Waals surface area contributed by atoms with Gasteiger partial charge in [-0.3, -0.25) is 4.90 Å². The molecule has 96 valence electrons. The lowest BCUT2D eigenvalue weighted by Crippen LogP contribution is -2.62. The lowest BCUT2D eigenvalue weighted by Gasteiger charge is -2.61. The number of rotatable bonds is 1. The SMILES string of the molecule is NC1CCN(C23CC4CC(CC(C4)C2)C3)CC1. The molecule has 2 nitrogen and oxygen atoms in total. The number of hydrogen-bond acceptors (Lipinski definition) is 2. The molecule has 1 heterocycles. The molecular weight excluding hydrogens is 208 g/mol. The summed E-state index contributed by atoms with van der Waals surface area (Å²) in [5, 5.41) is 0. The van der Waals surface area contributed by atoms with Crippen LogP contribution in [-0.2, 0) is 0 Å². The Hall–Kier alpha value is -0.0800. The van der Waals surface area contributed by atoms with Crippen LogP contribution in [0, 0.1) is 17.8 Å². The van der Waals surface area contributed by atoms with E-state index in [0.29, 0.717) is 11.6 Å². The summed E-state index contributed by atoms with van der Waals surface area (Å²) >= 11 is 0. The monoisotopic (exact) mass is 234 g/mol. The van der Waals surface area contributed by atoms with E-state index in [1.165, 1.54) is 45.2 Å². The molecule has 0 atom stereocenters. The van der Waals surface area contributed by atoms with Crippen molar-refractivity contribution < 1.29 is 0 Å². The molecule has 4 bridgehead atoms. The minimum absolute atomic E-state index is 0.486. The van der Waals surface area contributed by atoms with Crippen LogP contribution in [0.25, 0.3) is 0 Å². The number of piperidine rings is 1. The molecule has 1 saturated heterocycles. The zero-order valence-corrected chi connectivity index (χ0v) is 10.9. The van der Waals surface area contributed by atoms with Crippen molar-refractivity contribution in [3.05, 3.63) is 0 Å². The van der Waals surface area contributed by atoms with E-state index in [-0.39, 0.29) is 0 Å². The maximum absolute atomic E-state index is 6.06. The van der Waals surface area contributed by atoms with E-state index in [2.05, 4.69) is 4.90 Å². The summed E-state index contributed by atoms with van der Waals surface area (Å²) in [6.07, 6.45) is 11.7. The molecule has 0 spiro atoms. The summed E-state index contributed by atoms with van der Waals surface area (Å²) in [5.41, 5.74) is 6.70. The zero-order chi connectivity index (χ0) is 11.5. The molecule has 1 aliphatic heterocycles. The Balaban J connectivity index is 1.56. The van der Waals surface area contributed by atoms with Crippen LogP contribution in [-0.4, -0.2) is 29.6 Å². The van der Waals surface area contributed by atoms with E-state index in [1.54, 1.807) is 19.3 Å². The second-order valence-corrected chi connectivity index (χ2v) is 7.47. The quantitative estimate of drug-likeness (QED) is 0.755. The van der Waals surface area contributed by atoms with Gasteiger partial charge in [-0.15, -0.1) is 0 Å². The minimum atomic E-state index is 0.486. The maximum Gasteiger partial charge on any atom is 0.0217 e. The third-order valence-electron chi connectivity index (χ3n) is 6.22. The van der Waals surface area contributed by atoms with Crippen LogP contribution in [0.3, 0.4) is 0 Å². The molecule has 4 saturated carbocycles. The summed E-state index contributed by atoms with van der Waals surface area (Å²) in [4.78, 5) is 2.86. The predicted molar refractivity (Wildman–Crippen MR) is 69.7 cm³/mol. The Morgan fingerprint density at radius 1 is 0.824 bits per heavy atom. The highest BCUT2D eigenvalue weighted by atomic mass is 15.2. The van der Waals surface area contributed by atoms with Crippen LogP contribution in [0.4, 0.5) is 0 Å². The van der Waals surface area contributed by atoms with Crippen LogP contribution < -0.4 is 5.73 Å². The molecule has 0 aromatic heterocycles. The molecule has 0 aromatic rings. The van der Waals surface area contributed by atoms with E-state index >= 15 is 0 Å². The minimum Gasteiger partial charge on any atom is -0.328 e. The first-order valence-corrected chi connectivity index (χ1v) is 7.74. The number of hydrogen-bond donors (Lipinski definition) is 1. The molecular formula is C15H26N2. The van der Waals surface area contributed by atoms with Crippen molar-refractivity contribution in [1.29, 1.82) is 0 Å². The van der Waals surface area contributed by atoms with Crippen molar-refractivity contribution in [3.8, 4) is 0 Å². The fourth-order valence-electron chi connectivity index (χ4n) is 5.83. The van der Waals surface area contributed by atoms with Crippen LogP contribution in [0.15, 0.2) is 0 Å². The van der Waals surface area contributed by atoms with Gasteiger partial charge in [0.05, 0.1) is 0 Å². The summed E-state index contributed by atoms with van der Waals surface area (Å²) in [5.74, 6) is 3.24. The smallest absolute Gasteiger partial charge is 0.0217 e. The van der Waals surface area contributed by atoms with Gasteiger partial charge in [-0.1, -0.05) is 0 Å².